The molecule has 0 atom stereocenters. The first-order valence-electron chi connectivity index (χ1n) is 25.1. The zero-order valence-corrected chi connectivity index (χ0v) is 39.4. The Balaban J connectivity index is 1.01. The Labute approximate surface area is 418 Å². The summed E-state index contributed by atoms with van der Waals surface area (Å²) < 4.78 is 0. The Morgan fingerprint density at radius 3 is 1.24 bits per heavy atom. The quantitative estimate of drug-likeness (QED) is 0.144. The van der Waals surface area contributed by atoms with Crippen LogP contribution in [0.15, 0.2) is 273 Å². The van der Waals surface area contributed by atoms with Crippen LogP contribution in [-0.2, 0) is 5.41 Å². The van der Waals surface area contributed by atoms with E-state index in [2.05, 4.69) is 278 Å². The maximum atomic E-state index is 2.51. The van der Waals surface area contributed by atoms with Crippen LogP contribution in [0.3, 0.4) is 0 Å². The minimum Gasteiger partial charge on any atom is -0.310 e. The Kier molecular flexibility index (Phi) is 8.94. The molecule has 0 aliphatic heterocycles. The van der Waals surface area contributed by atoms with E-state index in [1.54, 1.807) is 0 Å². The highest BCUT2D eigenvalue weighted by Gasteiger charge is 2.46. The highest BCUT2D eigenvalue weighted by Crippen LogP contribution is 2.57. The van der Waals surface area contributed by atoms with Gasteiger partial charge in [0.05, 0.1) is 5.41 Å². The number of hydrogen-bond acceptors (Lipinski definition) is 1. The molecule has 0 spiro atoms. The predicted octanol–water partition coefficient (Wildman–Crippen LogP) is 19.2. The molecule has 0 unspecified atom stereocenters. The van der Waals surface area contributed by atoms with Crippen LogP contribution in [-0.4, -0.2) is 0 Å². The molecule has 14 aromatic rings. The number of fused-ring (bicyclic) bond motifs is 5. The molecule has 0 saturated carbocycles. The summed E-state index contributed by atoms with van der Waals surface area (Å²) in [5.74, 6) is 0. The number of rotatable bonds is 7. The normalized spacial score (nSPS) is 12.8. The van der Waals surface area contributed by atoms with E-state index in [1.165, 1.54) is 120 Å². The second kappa shape index (κ2) is 15.9. The summed E-state index contributed by atoms with van der Waals surface area (Å²) in [5, 5.41) is 15.2. The van der Waals surface area contributed by atoms with Gasteiger partial charge >= 0.3 is 0 Å². The Hall–Kier alpha value is -9.30. The third kappa shape index (κ3) is 5.95. The summed E-state index contributed by atoms with van der Waals surface area (Å²) in [5.41, 5.74) is 15.2. The van der Waals surface area contributed by atoms with E-state index < -0.39 is 5.41 Å². The van der Waals surface area contributed by atoms with Gasteiger partial charge in [-0.25, -0.2) is 0 Å². The first-order chi connectivity index (χ1) is 35.7. The molecule has 334 valence electrons. The standard InChI is InChI=1S/C71H45N/c1-4-15-46(16-5-1)47-29-31-48(32-30-47)49-37-39-56(40-38-49)72(57-41-42-60-59-24-10-11-28-65(59)71(66(60)45-57,54-20-6-2-7-21-54)55-22-8-3-9-23-55)58-43-53-36-35-52-18-13-26-62-61-25-12-17-50-33-34-51-19-14-27-63(69(51)67(50)61)64(44-58)70(53)68(52)62/h1-45H. The average molecular weight is 912 g/mol. The van der Waals surface area contributed by atoms with Crippen molar-refractivity contribution >= 4 is 81.7 Å². The summed E-state index contributed by atoms with van der Waals surface area (Å²) >= 11 is 0. The van der Waals surface area contributed by atoms with Crippen molar-refractivity contribution in [3.05, 3.63) is 295 Å². The van der Waals surface area contributed by atoms with Gasteiger partial charge in [0.15, 0.2) is 0 Å². The lowest BCUT2D eigenvalue weighted by atomic mass is 9.67. The van der Waals surface area contributed by atoms with Crippen molar-refractivity contribution in [2.75, 3.05) is 4.90 Å². The zero-order valence-electron chi connectivity index (χ0n) is 39.4. The lowest BCUT2D eigenvalue weighted by molar-refractivity contribution is 0.768. The van der Waals surface area contributed by atoms with Crippen molar-refractivity contribution in [3.63, 3.8) is 0 Å². The fourth-order valence-corrected chi connectivity index (χ4v) is 12.7. The van der Waals surface area contributed by atoms with Crippen LogP contribution in [0.4, 0.5) is 17.1 Å². The van der Waals surface area contributed by atoms with Crippen molar-refractivity contribution < 1.29 is 0 Å². The number of benzene rings is 13. The van der Waals surface area contributed by atoms with Gasteiger partial charge in [0.2, 0.25) is 0 Å². The summed E-state index contributed by atoms with van der Waals surface area (Å²) in [7, 11) is 0. The van der Waals surface area contributed by atoms with Gasteiger partial charge in [0, 0.05) is 17.1 Å². The van der Waals surface area contributed by atoms with Gasteiger partial charge in [-0.2, -0.15) is 0 Å². The molecule has 1 heteroatoms. The van der Waals surface area contributed by atoms with Crippen LogP contribution in [0.25, 0.3) is 98.0 Å². The fourth-order valence-electron chi connectivity index (χ4n) is 12.7. The SMILES string of the molecule is c1ccc(-c2ccc(-c3ccc(N(c4ccc5c(c4)C(c4ccccc4)(c4ccccc4)c4ccccc4-5)c4cc5ccc6cccc7c8cccc9ccc%10cccc(c(c4)c5c67)c%10c98)cc3)cc2)cc1. The molecule has 72 heavy (non-hydrogen) atoms. The maximum absolute atomic E-state index is 2.51. The van der Waals surface area contributed by atoms with Gasteiger partial charge in [0.1, 0.15) is 0 Å². The van der Waals surface area contributed by atoms with Gasteiger partial charge in [0.25, 0.3) is 0 Å². The van der Waals surface area contributed by atoms with Crippen LogP contribution < -0.4 is 4.90 Å². The molecule has 0 N–H and O–H groups in total. The summed E-state index contributed by atoms with van der Waals surface area (Å²) in [6.45, 7) is 0. The Morgan fingerprint density at radius 2 is 0.667 bits per heavy atom. The van der Waals surface area contributed by atoms with Crippen LogP contribution in [0.1, 0.15) is 22.3 Å². The van der Waals surface area contributed by atoms with Crippen molar-refractivity contribution in [3.8, 4) is 33.4 Å². The molecule has 0 aromatic heterocycles. The van der Waals surface area contributed by atoms with Crippen LogP contribution in [0.2, 0.25) is 0 Å². The minimum atomic E-state index is -0.547. The van der Waals surface area contributed by atoms with Crippen LogP contribution in [0, 0.1) is 0 Å². The van der Waals surface area contributed by atoms with E-state index in [0.29, 0.717) is 0 Å². The fraction of sp³-hybridized carbons (Fsp3) is 0.0141. The molecule has 15 rings (SSSR count). The molecule has 1 nitrogen and oxygen atoms in total. The molecule has 0 amide bonds. The maximum Gasteiger partial charge on any atom is 0.0714 e. The number of nitrogens with zero attached hydrogens (tertiary/aromatic N) is 1. The largest absolute Gasteiger partial charge is 0.310 e. The smallest absolute Gasteiger partial charge is 0.0714 e. The van der Waals surface area contributed by atoms with Gasteiger partial charge in [-0.15, -0.1) is 0 Å². The summed E-state index contributed by atoms with van der Waals surface area (Å²) in [6.07, 6.45) is 0. The first-order valence-corrected chi connectivity index (χ1v) is 25.1. The highest BCUT2D eigenvalue weighted by molar-refractivity contribution is 6.37. The second-order valence-electron chi connectivity index (χ2n) is 19.5. The molecule has 1 aliphatic rings. The van der Waals surface area contributed by atoms with Crippen molar-refractivity contribution in [1.29, 1.82) is 0 Å². The molecule has 14 aromatic carbocycles. The molecule has 0 fully saturated rings. The lowest BCUT2D eigenvalue weighted by Gasteiger charge is -2.35. The van der Waals surface area contributed by atoms with Crippen molar-refractivity contribution in [2.45, 2.75) is 5.41 Å². The van der Waals surface area contributed by atoms with E-state index in [4.69, 9.17) is 0 Å². The minimum absolute atomic E-state index is 0.547. The van der Waals surface area contributed by atoms with Gasteiger partial charge in [-0.1, -0.05) is 237 Å². The van der Waals surface area contributed by atoms with Crippen molar-refractivity contribution in [2.24, 2.45) is 0 Å². The topological polar surface area (TPSA) is 3.24 Å². The third-order valence-electron chi connectivity index (χ3n) is 15.8. The summed E-state index contributed by atoms with van der Waals surface area (Å²) in [4.78, 5) is 2.51. The van der Waals surface area contributed by atoms with E-state index in [1.807, 2.05) is 0 Å². The third-order valence-corrected chi connectivity index (χ3v) is 15.8. The summed E-state index contributed by atoms with van der Waals surface area (Å²) in [6, 6.07) is 102. The van der Waals surface area contributed by atoms with E-state index in [0.717, 1.165) is 17.1 Å². The molecular weight excluding hydrogens is 867 g/mol. The molecule has 1 aliphatic carbocycles. The lowest BCUT2D eigenvalue weighted by Crippen LogP contribution is -2.28. The van der Waals surface area contributed by atoms with E-state index >= 15 is 0 Å². The number of anilines is 3. The molecule has 0 bridgehead atoms. The van der Waals surface area contributed by atoms with Gasteiger partial charge in [-0.3, -0.25) is 0 Å². The zero-order chi connectivity index (χ0) is 47.3. The second-order valence-corrected chi connectivity index (χ2v) is 19.5. The molecule has 0 radical (unpaired) electrons. The van der Waals surface area contributed by atoms with Gasteiger partial charge in [-0.05, 0) is 157 Å². The van der Waals surface area contributed by atoms with Gasteiger partial charge < -0.3 is 4.90 Å². The Bertz CT molecular complexity index is 4360. The predicted molar refractivity (Wildman–Crippen MR) is 306 cm³/mol. The van der Waals surface area contributed by atoms with E-state index in [-0.39, 0.29) is 0 Å². The van der Waals surface area contributed by atoms with Crippen LogP contribution in [0.5, 0.6) is 0 Å². The van der Waals surface area contributed by atoms with Crippen molar-refractivity contribution in [1.82, 2.24) is 0 Å². The Morgan fingerprint density at radius 1 is 0.236 bits per heavy atom. The first kappa shape index (κ1) is 40.6. The monoisotopic (exact) mass is 911 g/mol. The van der Waals surface area contributed by atoms with Crippen LogP contribution >= 0.6 is 0 Å². The average Bonchev–Trinajstić information content (AvgIpc) is 3.75. The number of hydrogen-bond donors (Lipinski definition) is 0. The molecule has 0 saturated heterocycles. The van der Waals surface area contributed by atoms with E-state index in [9.17, 15) is 0 Å². The molecular formula is C71H45N. The highest BCUT2D eigenvalue weighted by atomic mass is 15.1. The molecule has 0 heterocycles.